The van der Waals surface area contributed by atoms with E-state index in [4.69, 9.17) is 30.8 Å². The first-order chi connectivity index (χ1) is 17.4. The molecule has 2 heterocycles. The third-order valence-electron chi connectivity index (χ3n) is 7.09. The molecule has 2 N–H and O–H groups in total. The van der Waals surface area contributed by atoms with E-state index in [1.54, 1.807) is 19.2 Å². The van der Waals surface area contributed by atoms with E-state index in [9.17, 15) is 5.11 Å². The Bertz CT molecular complexity index is 1150. The molecule has 1 unspecified atom stereocenters. The molecule has 3 aromatic rings. The number of nitrogens with zero attached hydrogens (tertiary/aromatic N) is 3. The quantitative estimate of drug-likeness (QED) is 0.352. The second-order valence-electron chi connectivity index (χ2n) is 9.87. The van der Waals surface area contributed by atoms with Gasteiger partial charge in [0.1, 0.15) is 24.2 Å². The van der Waals surface area contributed by atoms with Crippen molar-refractivity contribution in [3.05, 3.63) is 45.9 Å². The largest absolute Gasteiger partial charge is 0.491 e. The first-order valence-corrected chi connectivity index (χ1v) is 13.3. The molecule has 4 rings (SSSR count). The van der Waals surface area contributed by atoms with Crippen molar-refractivity contribution in [2.24, 2.45) is 5.92 Å². The maximum Gasteiger partial charge on any atom is 0.161 e. The predicted octanol–water partition coefficient (Wildman–Crippen LogP) is 5.85. The van der Waals surface area contributed by atoms with E-state index in [0.717, 1.165) is 52.7 Å². The molecule has 0 saturated heterocycles. The van der Waals surface area contributed by atoms with Crippen molar-refractivity contribution in [1.29, 1.82) is 0 Å². The smallest absolute Gasteiger partial charge is 0.161 e. The molecular weight excluding hydrogens is 476 g/mol. The average molecular weight is 513 g/mol. The molecule has 1 fully saturated rings. The molecule has 0 amide bonds. The Morgan fingerprint density at radius 1 is 1.17 bits per heavy atom. The van der Waals surface area contributed by atoms with E-state index in [1.165, 1.54) is 32.1 Å². The van der Waals surface area contributed by atoms with Crippen LogP contribution in [0.4, 0.5) is 0 Å². The Hall–Kier alpha value is -2.48. The number of halogens is 1. The van der Waals surface area contributed by atoms with E-state index >= 15 is 0 Å². The van der Waals surface area contributed by atoms with E-state index < -0.39 is 6.10 Å². The number of hydrogen-bond acceptors (Lipinski definition) is 7. The third-order valence-corrected chi connectivity index (χ3v) is 7.42. The number of ether oxygens (including phenoxy) is 1. The zero-order valence-electron chi connectivity index (χ0n) is 21.7. The van der Waals surface area contributed by atoms with Crippen LogP contribution in [-0.2, 0) is 6.42 Å². The van der Waals surface area contributed by atoms with Gasteiger partial charge in [-0.1, -0.05) is 48.9 Å². The highest BCUT2D eigenvalue weighted by atomic mass is 35.5. The molecule has 1 atom stereocenters. The third kappa shape index (κ3) is 6.25. The summed E-state index contributed by atoms with van der Waals surface area (Å²) in [5.41, 5.74) is 5.34. The van der Waals surface area contributed by atoms with Gasteiger partial charge in [0.2, 0.25) is 0 Å². The molecule has 2 aromatic heterocycles. The minimum Gasteiger partial charge on any atom is -0.491 e. The zero-order valence-corrected chi connectivity index (χ0v) is 22.5. The molecule has 0 bridgehead atoms. The molecular formula is C28H37ClN4O3. The number of likely N-dealkylation sites (N-methyl/N-ethyl adjacent to an activating group) is 1. The summed E-state index contributed by atoms with van der Waals surface area (Å²) in [5, 5.41) is 17.7. The highest BCUT2D eigenvalue weighted by molar-refractivity contribution is 6.33. The van der Waals surface area contributed by atoms with Gasteiger partial charge in [0, 0.05) is 17.8 Å². The predicted molar refractivity (Wildman–Crippen MR) is 143 cm³/mol. The van der Waals surface area contributed by atoms with Crippen LogP contribution >= 0.6 is 11.6 Å². The minimum absolute atomic E-state index is 0.174. The van der Waals surface area contributed by atoms with Crippen LogP contribution in [-0.4, -0.2) is 46.5 Å². The maximum absolute atomic E-state index is 10.0. The van der Waals surface area contributed by atoms with Crippen molar-refractivity contribution >= 4 is 11.6 Å². The van der Waals surface area contributed by atoms with Gasteiger partial charge >= 0.3 is 0 Å². The molecule has 7 nitrogen and oxygen atoms in total. The van der Waals surface area contributed by atoms with Crippen LogP contribution in [0, 0.1) is 26.7 Å². The number of hydrogen-bond donors (Lipinski definition) is 2. The summed E-state index contributed by atoms with van der Waals surface area (Å²) in [6, 6.07) is 5.43. The van der Waals surface area contributed by atoms with Gasteiger partial charge in [-0.15, -0.1) is 0 Å². The Kier molecular flexibility index (Phi) is 8.99. The number of rotatable bonds is 10. The Morgan fingerprint density at radius 2 is 1.94 bits per heavy atom. The molecule has 1 aliphatic carbocycles. The first-order valence-electron chi connectivity index (χ1n) is 12.9. The summed E-state index contributed by atoms with van der Waals surface area (Å²) in [5.74, 6) is 2.65. The lowest BCUT2D eigenvalue weighted by atomic mass is 9.85. The molecule has 1 aliphatic rings. The van der Waals surface area contributed by atoms with Crippen molar-refractivity contribution in [1.82, 2.24) is 20.4 Å². The van der Waals surface area contributed by atoms with Gasteiger partial charge in [-0.2, -0.15) is 0 Å². The van der Waals surface area contributed by atoms with Gasteiger partial charge in [-0.05, 0) is 70.3 Å². The van der Waals surface area contributed by atoms with E-state index in [1.807, 2.05) is 19.9 Å². The number of aryl methyl sites for hydroxylation is 3. The fourth-order valence-electron chi connectivity index (χ4n) is 5.06. The second kappa shape index (κ2) is 12.2. The van der Waals surface area contributed by atoms with Crippen molar-refractivity contribution in [2.75, 3.05) is 20.2 Å². The summed E-state index contributed by atoms with van der Waals surface area (Å²) in [6.45, 7) is 6.56. The van der Waals surface area contributed by atoms with Crippen molar-refractivity contribution in [3.63, 3.8) is 0 Å². The van der Waals surface area contributed by atoms with Crippen molar-refractivity contribution < 1.29 is 14.4 Å². The van der Waals surface area contributed by atoms with Gasteiger partial charge in [-0.3, -0.25) is 0 Å². The number of nitrogens with one attached hydrogen (secondary N) is 1. The van der Waals surface area contributed by atoms with Crippen LogP contribution in [0.25, 0.3) is 22.6 Å². The molecule has 1 saturated carbocycles. The molecule has 8 heteroatoms. The fourth-order valence-corrected chi connectivity index (χ4v) is 5.26. The van der Waals surface area contributed by atoms with E-state index in [-0.39, 0.29) is 6.61 Å². The Balaban J connectivity index is 1.71. The van der Waals surface area contributed by atoms with Gasteiger partial charge in [0.05, 0.1) is 22.0 Å². The number of aliphatic hydroxyl groups excluding tert-OH is 1. The zero-order chi connectivity index (χ0) is 25.7. The SMILES string of the molecule is CNCC(O)COc1ccc(Cl)c(-c2nc(CCC3CCCCC3)c(C)c(-c3c(C)noc3C)n2)c1. The molecule has 0 spiro atoms. The summed E-state index contributed by atoms with van der Waals surface area (Å²) in [6.07, 6.45) is 8.03. The summed E-state index contributed by atoms with van der Waals surface area (Å²) < 4.78 is 11.3. The van der Waals surface area contributed by atoms with Crippen molar-refractivity contribution in [2.45, 2.75) is 71.8 Å². The van der Waals surface area contributed by atoms with Gasteiger partial charge < -0.3 is 19.7 Å². The normalized spacial score (nSPS) is 15.3. The molecule has 0 aliphatic heterocycles. The molecule has 0 radical (unpaired) electrons. The second-order valence-corrected chi connectivity index (χ2v) is 10.3. The average Bonchev–Trinajstić information content (AvgIpc) is 3.21. The minimum atomic E-state index is -0.609. The lowest BCUT2D eigenvalue weighted by molar-refractivity contribution is 0.108. The lowest BCUT2D eigenvalue weighted by Crippen LogP contribution is -2.29. The fraction of sp³-hybridized carbons (Fsp3) is 0.536. The molecule has 194 valence electrons. The van der Waals surface area contributed by atoms with E-state index in [0.29, 0.717) is 28.7 Å². The molecule has 1 aromatic carbocycles. The van der Waals surface area contributed by atoms with E-state index in [2.05, 4.69) is 17.4 Å². The van der Waals surface area contributed by atoms with Gasteiger partial charge in [-0.25, -0.2) is 9.97 Å². The van der Waals surface area contributed by atoms with Crippen LogP contribution in [0.1, 0.15) is 61.2 Å². The number of aromatic nitrogens is 3. The van der Waals surface area contributed by atoms with Gasteiger partial charge in [0.15, 0.2) is 5.82 Å². The Labute approximate surface area is 218 Å². The highest BCUT2D eigenvalue weighted by Crippen LogP contribution is 2.36. The number of benzene rings is 1. The Morgan fingerprint density at radius 3 is 2.64 bits per heavy atom. The van der Waals surface area contributed by atoms with Gasteiger partial charge in [0.25, 0.3) is 0 Å². The monoisotopic (exact) mass is 512 g/mol. The highest BCUT2D eigenvalue weighted by Gasteiger charge is 2.22. The van der Waals surface area contributed by atoms with Crippen LogP contribution in [0.5, 0.6) is 5.75 Å². The first kappa shape index (κ1) is 26.6. The summed E-state index contributed by atoms with van der Waals surface area (Å²) >= 11 is 6.65. The molecule has 36 heavy (non-hydrogen) atoms. The van der Waals surface area contributed by atoms with Crippen LogP contribution in [0.15, 0.2) is 22.7 Å². The maximum atomic E-state index is 10.0. The summed E-state index contributed by atoms with van der Waals surface area (Å²) in [7, 11) is 1.79. The van der Waals surface area contributed by atoms with Crippen molar-refractivity contribution in [3.8, 4) is 28.4 Å². The van der Waals surface area contributed by atoms with Crippen LogP contribution in [0.2, 0.25) is 5.02 Å². The van der Waals surface area contributed by atoms with Crippen LogP contribution in [0.3, 0.4) is 0 Å². The lowest BCUT2D eigenvalue weighted by Gasteiger charge is -2.22. The summed E-state index contributed by atoms with van der Waals surface area (Å²) in [4.78, 5) is 10.0. The number of aliphatic hydroxyl groups is 1. The van der Waals surface area contributed by atoms with Crippen LogP contribution < -0.4 is 10.1 Å². The topological polar surface area (TPSA) is 93.3 Å². The standard InChI is InChI=1S/C28H37ClN4O3/c1-17-25(13-10-20-8-6-5-7-9-20)31-28(32-27(17)26-18(2)33-36-19(26)3)23-14-22(11-12-24(23)29)35-16-21(34)15-30-4/h11-12,14,20-21,30,34H,5-10,13,15-16H2,1-4H3.